The van der Waals surface area contributed by atoms with E-state index < -0.39 is 17.4 Å². The molecule has 0 saturated heterocycles. The minimum Gasteiger partial charge on any atom is -0.379 e. The molecule has 1 fully saturated rings. The summed E-state index contributed by atoms with van der Waals surface area (Å²) in [5, 5.41) is 32.0. The Kier molecular flexibility index (Phi) is 14.0. The number of carbonyl (C=O) groups is 1. The Morgan fingerprint density at radius 3 is 2.75 bits per heavy atom. The van der Waals surface area contributed by atoms with Crippen LogP contribution in [0.2, 0.25) is 0 Å². The third-order valence-corrected chi connectivity index (χ3v) is 6.64. The molecule has 32 heavy (non-hydrogen) atoms. The number of allylic oxidation sites excluding steroid dienone is 2. The predicted octanol–water partition coefficient (Wildman–Crippen LogP) is 1.90. The Balaban J connectivity index is 2.77. The maximum atomic E-state index is 11.1. The standard InChI is InChI=1S/C22H41BrClN5O3/c1-4-17(2)6-9-25-15-27-22(32,7-5-8-23)14-26-13-21(20(31)29-28-16-30)11-18(3)10-19(24)12-21/h5-7,9,16-20,25-27,29,31-32H,4,8,10-15H2,1-3H3,(H,28,30)/b7-5+,9-6-/t17-,18?,19?,20-,21?,22?/m1/s1. The summed E-state index contributed by atoms with van der Waals surface area (Å²) in [5.74, 6) is 0.817. The molecule has 1 aliphatic carbocycles. The zero-order valence-electron chi connectivity index (χ0n) is 19.4. The van der Waals surface area contributed by atoms with Crippen LogP contribution >= 0.6 is 27.5 Å². The summed E-state index contributed by atoms with van der Waals surface area (Å²) < 4.78 is 0. The van der Waals surface area contributed by atoms with Crippen LogP contribution in [0, 0.1) is 17.3 Å². The van der Waals surface area contributed by atoms with Gasteiger partial charge in [0.05, 0.1) is 6.67 Å². The Bertz CT molecular complexity index is 588. The van der Waals surface area contributed by atoms with Gasteiger partial charge in [0.15, 0.2) is 0 Å². The van der Waals surface area contributed by atoms with Crippen molar-refractivity contribution in [2.75, 3.05) is 25.1 Å². The molecule has 0 aromatic carbocycles. The molecule has 0 aromatic rings. The van der Waals surface area contributed by atoms with Gasteiger partial charge in [-0.25, -0.2) is 5.43 Å². The number of aliphatic hydroxyl groups is 2. The lowest BCUT2D eigenvalue weighted by atomic mass is 9.68. The average Bonchev–Trinajstić information content (AvgIpc) is 2.75. The van der Waals surface area contributed by atoms with E-state index in [2.05, 4.69) is 69.6 Å². The summed E-state index contributed by atoms with van der Waals surface area (Å²) in [6.45, 7) is 7.42. The van der Waals surface area contributed by atoms with Crippen LogP contribution in [0.3, 0.4) is 0 Å². The zero-order valence-corrected chi connectivity index (χ0v) is 21.8. The topological polar surface area (TPSA) is 118 Å². The molecule has 1 saturated carbocycles. The normalized spacial score (nSPS) is 27.8. The van der Waals surface area contributed by atoms with Gasteiger partial charge in [-0.2, -0.15) is 0 Å². The van der Waals surface area contributed by atoms with Gasteiger partial charge in [0, 0.05) is 29.2 Å². The molecule has 6 atom stereocenters. The quantitative estimate of drug-likeness (QED) is 0.0401. The zero-order chi connectivity index (χ0) is 24.0. The SMILES string of the molecule is CC[C@@H](C)/C=C\NCNC(O)(/C=C/CBr)CNCC1([C@@H](O)NNC=O)CC(C)CC(Cl)C1. The highest BCUT2D eigenvalue weighted by Gasteiger charge is 2.44. The first kappa shape index (κ1) is 29.4. The van der Waals surface area contributed by atoms with Crippen LogP contribution in [-0.4, -0.2) is 59.0 Å². The van der Waals surface area contributed by atoms with Crippen LogP contribution in [0.4, 0.5) is 0 Å². The van der Waals surface area contributed by atoms with Gasteiger partial charge >= 0.3 is 0 Å². The summed E-state index contributed by atoms with van der Waals surface area (Å²) in [6.07, 6.45) is 10.3. The van der Waals surface area contributed by atoms with E-state index in [-0.39, 0.29) is 11.9 Å². The summed E-state index contributed by atoms with van der Waals surface area (Å²) in [6, 6.07) is 0. The number of halogens is 2. The van der Waals surface area contributed by atoms with Crippen LogP contribution in [0.25, 0.3) is 0 Å². The smallest absolute Gasteiger partial charge is 0.221 e. The number of alkyl halides is 2. The fraction of sp³-hybridized carbons (Fsp3) is 0.773. The number of hydrazine groups is 1. The third kappa shape index (κ3) is 10.5. The number of amides is 1. The van der Waals surface area contributed by atoms with Gasteiger partial charge in [0.2, 0.25) is 6.41 Å². The molecule has 0 aromatic heterocycles. The molecular weight excluding hydrogens is 498 g/mol. The van der Waals surface area contributed by atoms with E-state index in [1.165, 1.54) is 0 Å². The lowest BCUT2D eigenvalue weighted by Crippen LogP contribution is -2.59. The minimum absolute atomic E-state index is 0.0694. The summed E-state index contributed by atoms with van der Waals surface area (Å²) in [7, 11) is 0. The number of carbonyl (C=O) groups excluding carboxylic acids is 1. The highest BCUT2D eigenvalue weighted by atomic mass is 79.9. The van der Waals surface area contributed by atoms with Crippen molar-refractivity contribution >= 4 is 33.9 Å². The number of hydrogen-bond acceptors (Lipinski definition) is 7. The van der Waals surface area contributed by atoms with Crippen LogP contribution in [-0.2, 0) is 4.79 Å². The Morgan fingerprint density at radius 1 is 1.38 bits per heavy atom. The Morgan fingerprint density at radius 2 is 2.12 bits per heavy atom. The van der Waals surface area contributed by atoms with Crippen molar-refractivity contribution in [2.45, 2.75) is 63.8 Å². The van der Waals surface area contributed by atoms with E-state index >= 15 is 0 Å². The van der Waals surface area contributed by atoms with Crippen LogP contribution < -0.4 is 26.8 Å². The molecule has 1 rings (SSSR count). The third-order valence-electron chi connectivity index (χ3n) is 5.94. The van der Waals surface area contributed by atoms with E-state index in [9.17, 15) is 15.0 Å². The van der Waals surface area contributed by atoms with Gasteiger partial charge in [-0.05, 0) is 43.4 Å². The van der Waals surface area contributed by atoms with Crippen LogP contribution in [0.15, 0.2) is 24.4 Å². The maximum Gasteiger partial charge on any atom is 0.221 e. The van der Waals surface area contributed by atoms with Gasteiger partial charge in [0.25, 0.3) is 0 Å². The predicted molar refractivity (Wildman–Crippen MR) is 134 cm³/mol. The van der Waals surface area contributed by atoms with E-state index in [0.717, 1.165) is 19.3 Å². The number of aliphatic hydroxyl groups excluding tert-OH is 1. The van der Waals surface area contributed by atoms with Gasteiger partial charge in [0.1, 0.15) is 12.0 Å². The summed E-state index contributed by atoms with van der Waals surface area (Å²) in [5.41, 5.74) is 3.12. The van der Waals surface area contributed by atoms with Crippen molar-refractivity contribution in [1.82, 2.24) is 26.8 Å². The molecule has 0 radical (unpaired) electrons. The van der Waals surface area contributed by atoms with E-state index in [4.69, 9.17) is 11.6 Å². The van der Waals surface area contributed by atoms with E-state index in [1.807, 2.05) is 12.3 Å². The molecule has 1 aliphatic rings. The summed E-state index contributed by atoms with van der Waals surface area (Å²) >= 11 is 9.84. The molecule has 0 spiro atoms. The second-order valence-electron chi connectivity index (χ2n) is 8.90. The highest BCUT2D eigenvalue weighted by molar-refractivity contribution is 9.09. The van der Waals surface area contributed by atoms with Crippen molar-refractivity contribution in [1.29, 1.82) is 0 Å². The number of nitrogens with one attached hydrogen (secondary N) is 5. The Labute approximate surface area is 206 Å². The molecular formula is C22H41BrClN5O3. The molecule has 7 N–H and O–H groups in total. The van der Waals surface area contributed by atoms with Crippen molar-refractivity contribution in [3.8, 4) is 0 Å². The maximum absolute atomic E-state index is 11.1. The first-order valence-corrected chi connectivity index (χ1v) is 12.8. The Hall–Kier alpha value is -0.680. The molecule has 186 valence electrons. The lowest BCUT2D eigenvalue weighted by Gasteiger charge is -2.45. The van der Waals surface area contributed by atoms with E-state index in [1.54, 1.807) is 6.08 Å². The first-order chi connectivity index (χ1) is 15.2. The lowest BCUT2D eigenvalue weighted by molar-refractivity contribution is -0.113. The van der Waals surface area contributed by atoms with E-state index in [0.29, 0.717) is 43.2 Å². The highest BCUT2D eigenvalue weighted by Crippen LogP contribution is 2.43. The van der Waals surface area contributed by atoms with Crippen molar-refractivity contribution in [3.63, 3.8) is 0 Å². The summed E-state index contributed by atoms with van der Waals surface area (Å²) in [4.78, 5) is 10.7. The average molecular weight is 539 g/mol. The van der Waals surface area contributed by atoms with Gasteiger partial charge in [-0.15, -0.1) is 11.6 Å². The largest absolute Gasteiger partial charge is 0.379 e. The van der Waals surface area contributed by atoms with Gasteiger partial charge in [-0.1, -0.05) is 55.3 Å². The van der Waals surface area contributed by atoms with Crippen molar-refractivity contribution in [3.05, 3.63) is 24.4 Å². The molecule has 0 heterocycles. The van der Waals surface area contributed by atoms with Gasteiger partial charge < -0.3 is 20.8 Å². The minimum atomic E-state index is -1.29. The molecule has 10 heteroatoms. The first-order valence-electron chi connectivity index (χ1n) is 11.3. The second-order valence-corrected chi connectivity index (χ2v) is 10.2. The molecule has 0 bridgehead atoms. The number of rotatable bonds is 16. The second kappa shape index (κ2) is 15.3. The fourth-order valence-corrected chi connectivity index (χ4v) is 4.90. The molecule has 0 aliphatic heterocycles. The van der Waals surface area contributed by atoms with Crippen molar-refractivity contribution in [2.24, 2.45) is 17.3 Å². The fourth-order valence-electron chi connectivity index (χ4n) is 4.11. The van der Waals surface area contributed by atoms with Crippen LogP contribution in [0.5, 0.6) is 0 Å². The number of hydrogen-bond donors (Lipinski definition) is 7. The van der Waals surface area contributed by atoms with Crippen molar-refractivity contribution < 1.29 is 15.0 Å². The van der Waals surface area contributed by atoms with Gasteiger partial charge in [-0.3, -0.25) is 15.5 Å². The molecule has 1 amide bonds. The monoisotopic (exact) mass is 537 g/mol. The van der Waals surface area contributed by atoms with Crippen LogP contribution in [0.1, 0.15) is 46.5 Å². The molecule has 4 unspecified atom stereocenters. The molecule has 8 nitrogen and oxygen atoms in total.